The summed E-state index contributed by atoms with van der Waals surface area (Å²) in [6.07, 6.45) is -0.504. The van der Waals surface area contributed by atoms with E-state index in [1.807, 2.05) is 49.4 Å². The number of aliphatic hydroxyl groups excluding tert-OH is 1. The lowest BCUT2D eigenvalue weighted by atomic mass is 10.1. The molecule has 0 heterocycles. The van der Waals surface area contributed by atoms with Crippen LogP contribution in [0.4, 0.5) is 0 Å². The highest BCUT2D eigenvalue weighted by molar-refractivity contribution is 9.11. The van der Waals surface area contributed by atoms with Gasteiger partial charge in [0.15, 0.2) is 0 Å². The summed E-state index contributed by atoms with van der Waals surface area (Å²) in [7, 11) is 0. The van der Waals surface area contributed by atoms with E-state index < -0.39 is 6.10 Å². The fourth-order valence-corrected chi connectivity index (χ4v) is 3.65. The van der Waals surface area contributed by atoms with Crippen LogP contribution in [0.3, 0.4) is 0 Å². The SMILES string of the molecule is CCOc1c(Br)cc(CNC[C@H](O)c2ccccc2)cc1Br. The van der Waals surface area contributed by atoms with Crippen LogP contribution >= 0.6 is 31.9 Å². The van der Waals surface area contributed by atoms with Crippen LogP contribution in [0, 0.1) is 0 Å². The van der Waals surface area contributed by atoms with Crippen molar-refractivity contribution in [1.29, 1.82) is 0 Å². The second-order valence-electron chi connectivity index (χ2n) is 4.88. The molecule has 2 rings (SSSR count). The highest BCUT2D eigenvalue weighted by atomic mass is 79.9. The molecule has 0 radical (unpaired) electrons. The fourth-order valence-electron chi connectivity index (χ4n) is 2.14. The van der Waals surface area contributed by atoms with Gasteiger partial charge in [0, 0.05) is 13.1 Å². The van der Waals surface area contributed by atoms with Crippen molar-refractivity contribution in [2.24, 2.45) is 0 Å². The molecule has 0 aliphatic heterocycles. The molecule has 0 aliphatic carbocycles. The quantitative estimate of drug-likeness (QED) is 0.685. The number of aliphatic hydroxyl groups is 1. The van der Waals surface area contributed by atoms with Crippen LogP contribution in [0.5, 0.6) is 5.75 Å². The van der Waals surface area contributed by atoms with Crippen molar-refractivity contribution in [3.05, 3.63) is 62.5 Å². The minimum atomic E-state index is -0.504. The van der Waals surface area contributed by atoms with Gasteiger partial charge in [-0.15, -0.1) is 0 Å². The lowest BCUT2D eigenvalue weighted by Gasteiger charge is -2.14. The number of nitrogens with one attached hydrogen (secondary N) is 1. The summed E-state index contributed by atoms with van der Waals surface area (Å²) in [6, 6.07) is 13.7. The van der Waals surface area contributed by atoms with Gasteiger partial charge in [0.05, 0.1) is 21.7 Å². The first-order chi connectivity index (χ1) is 10.6. The van der Waals surface area contributed by atoms with Crippen LogP contribution in [0.1, 0.15) is 24.2 Å². The van der Waals surface area contributed by atoms with E-state index in [0.29, 0.717) is 19.7 Å². The zero-order chi connectivity index (χ0) is 15.9. The Labute approximate surface area is 148 Å². The van der Waals surface area contributed by atoms with Crippen LogP contribution in [0.15, 0.2) is 51.4 Å². The minimum absolute atomic E-state index is 0.504. The molecule has 22 heavy (non-hydrogen) atoms. The zero-order valence-electron chi connectivity index (χ0n) is 12.4. The Kier molecular flexibility index (Phi) is 6.89. The summed E-state index contributed by atoms with van der Waals surface area (Å²) in [6.45, 7) is 3.76. The van der Waals surface area contributed by atoms with Crippen LogP contribution in [-0.2, 0) is 6.54 Å². The van der Waals surface area contributed by atoms with Crippen molar-refractivity contribution < 1.29 is 9.84 Å². The molecule has 5 heteroatoms. The number of halogens is 2. The molecule has 0 saturated heterocycles. The lowest BCUT2D eigenvalue weighted by Crippen LogP contribution is -2.21. The largest absolute Gasteiger partial charge is 0.492 e. The van der Waals surface area contributed by atoms with Gasteiger partial charge in [0.1, 0.15) is 5.75 Å². The van der Waals surface area contributed by atoms with Crippen LogP contribution < -0.4 is 10.1 Å². The lowest BCUT2D eigenvalue weighted by molar-refractivity contribution is 0.174. The zero-order valence-corrected chi connectivity index (χ0v) is 15.5. The Balaban J connectivity index is 1.92. The Morgan fingerprint density at radius 3 is 2.36 bits per heavy atom. The third-order valence-electron chi connectivity index (χ3n) is 3.20. The van der Waals surface area contributed by atoms with Crippen molar-refractivity contribution in [3.8, 4) is 5.75 Å². The Morgan fingerprint density at radius 1 is 1.14 bits per heavy atom. The normalized spacial score (nSPS) is 12.2. The molecule has 0 amide bonds. The molecule has 0 bridgehead atoms. The van der Waals surface area contributed by atoms with E-state index in [4.69, 9.17) is 4.74 Å². The summed E-state index contributed by atoms with van der Waals surface area (Å²) in [5, 5.41) is 13.4. The third kappa shape index (κ3) is 4.81. The first-order valence-electron chi connectivity index (χ1n) is 7.16. The predicted octanol–water partition coefficient (Wildman–Crippen LogP) is 4.43. The van der Waals surface area contributed by atoms with Gasteiger partial charge in [0.2, 0.25) is 0 Å². The van der Waals surface area contributed by atoms with Crippen LogP contribution in [-0.4, -0.2) is 18.3 Å². The molecule has 0 aliphatic rings. The predicted molar refractivity (Wildman–Crippen MR) is 96.1 cm³/mol. The van der Waals surface area contributed by atoms with Gasteiger partial charge in [-0.05, 0) is 62.0 Å². The molecule has 118 valence electrons. The molecule has 2 N–H and O–H groups in total. The first-order valence-corrected chi connectivity index (χ1v) is 8.75. The summed E-state index contributed by atoms with van der Waals surface area (Å²) in [5.41, 5.74) is 2.03. The van der Waals surface area contributed by atoms with Gasteiger partial charge in [-0.1, -0.05) is 30.3 Å². The third-order valence-corrected chi connectivity index (χ3v) is 4.38. The van der Waals surface area contributed by atoms with E-state index in [0.717, 1.165) is 25.8 Å². The van der Waals surface area contributed by atoms with Crippen molar-refractivity contribution >= 4 is 31.9 Å². The summed E-state index contributed by atoms with van der Waals surface area (Å²) < 4.78 is 7.41. The van der Waals surface area contributed by atoms with Crippen LogP contribution in [0.2, 0.25) is 0 Å². The molecule has 3 nitrogen and oxygen atoms in total. The van der Waals surface area contributed by atoms with Crippen molar-refractivity contribution in [2.75, 3.05) is 13.2 Å². The molecular weight excluding hydrogens is 410 g/mol. The maximum absolute atomic E-state index is 10.1. The number of ether oxygens (including phenoxy) is 1. The van der Waals surface area contributed by atoms with Gasteiger partial charge in [-0.3, -0.25) is 0 Å². The maximum atomic E-state index is 10.1. The Morgan fingerprint density at radius 2 is 1.77 bits per heavy atom. The Bertz CT molecular complexity index is 582. The number of hydrogen-bond donors (Lipinski definition) is 2. The number of benzene rings is 2. The fraction of sp³-hybridized carbons (Fsp3) is 0.294. The molecule has 0 aromatic heterocycles. The Hall–Kier alpha value is -0.880. The van der Waals surface area contributed by atoms with Crippen molar-refractivity contribution in [1.82, 2.24) is 5.32 Å². The summed E-state index contributed by atoms with van der Waals surface area (Å²) in [4.78, 5) is 0. The highest BCUT2D eigenvalue weighted by Gasteiger charge is 2.10. The average Bonchev–Trinajstić information content (AvgIpc) is 2.51. The van der Waals surface area contributed by atoms with E-state index in [9.17, 15) is 5.11 Å². The molecule has 0 fully saturated rings. The van der Waals surface area contributed by atoms with E-state index >= 15 is 0 Å². The topological polar surface area (TPSA) is 41.5 Å². The molecule has 1 atom stereocenters. The molecule has 0 saturated carbocycles. The van der Waals surface area contributed by atoms with Crippen molar-refractivity contribution in [2.45, 2.75) is 19.6 Å². The second kappa shape index (κ2) is 8.67. The smallest absolute Gasteiger partial charge is 0.147 e. The van der Waals surface area contributed by atoms with Crippen LogP contribution in [0.25, 0.3) is 0 Å². The van der Waals surface area contributed by atoms with E-state index in [-0.39, 0.29) is 0 Å². The first kappa shape index (κ1) is 17.5. The second-order valence-corrected chi connectivity index (χ2v) is 6.59. The highest BCUT2D eigenvalue weighted by Crippen LogP contribution is 2.34. The van der Waals surface area contributed by atoms with Gasteiger partial charge in [-0.2, -0.15) is 0 Å². The molecule has 2 aromatic carbocycles. The molecule has 0 unspecified atom stereocenters. The van der Waals surface area contributed by atoms with Gasteiger partial charge in [0.25, 0.3) is 0 Å². The van der Waals surface area contributed by atoms with E-state index in [2.05, 4.69) is 37.2 Å². The number of rotatable bonds is 7. The summed E-state index contributed by atoms with van der Waals surface area (Å²) in [5.74, 6) is 0.815. The van der Waals surface area contributed by atoms with Gasteiger partial charge < -0.3 is 15.2 Å². The standard InChI is InChI=1S/C17H19Br2NO2/c1-2-22-17-14(18)8-12(9-15(17)19)10-20-11-16(21)13-6-4-3-5-7-13/h3-9,16,20-21H,2,10-11H2,1H3/t16-/m0/s1. The van der Waals surface area contributed by atoms with Crippen molar-refractivity contribution in [3.63, 3.8) is 0 Å². The molecular formula is C17H19Br2NO2. The molecule has 0 spiro atoms. The minimum Gasteiger partial charge on any atom is -0.492 e. The monoisotopic (exact) mass is 427 g/mol. The van der Waals surface area contributed by atoms with E-state index in [1.165, 1.54) is 0 Å². The van der Waals surface area contributed by atoms with Gasteiger partial charge >= 0.3 is 0 Å². The number of hydrogen-bond acceptors (Lipinski definition) is 3. The maximum Gasteiger partial charge on any atom is 0.147 e. The molecule has 2 aromatic rings. The van der Waals surface area contributed by atoms with E-state index in [1.54, 1.807) is 0 Å². The summed E-state index contributed by atoms with van der Waals surface area (Å²) >= 11 is 7.05. The van der Waals surface area contributed by atoms with Gasteiger partial charge in [-0.25, -0.2) is 0 Å². The average molecular weight is 429 g/mol.